The zero-order valence-corrected chi connectivity index (χ0v) is 6.57. The van der Waals surface area contributed by atoms with Crippen LogP contribution in [0.5, 0.6) is 5.88 Å². The Labute approximate surface area is 64.8 Å². The lowest BCUT2D eigenvalue weighted by Gasteiger charge is -1.95. The average molecular weight is 154 g/mol. The van der Waals surface area contributed by atoms with Gasteiger partial charge < -0.3 is 4.74 Å². The number of ether oxygens (including phenoxy) is 1. The normalized spacial score (nSPS) is 9.64. The van der Waals surface area contributed by atoms with Gasteiger partial charge in [-0.25, -0.2) is 0 Å². The van der Waals surface area contributed by atoms with Crippen LogP contribution in [-0.4, -0.2) is 22.7 Å². The van der Waals surface area contributed by atoms with Crippen LogP contribution in [0.15, 0.2) is 6.20 Å². The van der Waals surface area contributed by atoms with Crippen LogP contribution in [0, 0.1) is 0 Å². The molecular weight excluding hydrogens is 144 g/mol. The Kier molecular flexibility index (Phi) is 2.25. The molecule has 0 saturated heterocycles. The monoisotopic (exact) mass is 154 g/mol. The number of hydrogen-bond acceptors (Lipinski definition) is 3. The molecule has 1 rings (SSSR count). The second kappa shape index (κ2) is 3.18. The minimum absolute atomic E-state index is 0.407. The molecular formula is C7H10N2O2. The summed E-state index contributed by atoms with van der Waals surface area (Å²) in [4.78, 5) is 10.4. The predicted octanol–water partition coefficient (Wildman–Crippen LogP) is 0.631. The lowest BCUT2D eigenvalue weighted by Crippen LogP contribution is -1.95. The zero-order valence-electron chi connectivity index (χ0n) is 6.57. The van der Waals surface area contributed by atoms with Gasteiger partial charge in [0.05, 0.1) is 12.2 Å². The molecule has 0 fully saturated rings. The maximum Gasteiger partial charge on any atom is 0.243 e. The molecule has 0 bridgehead atoms. The summed E-state index contributed by atoms with van der Waals surface area (Å²) in [5.74, 6) is 0.407. The number of hydrogen-bond donors (Lipinski definition) is 0. The number of rotatable bonds is 3. The third-order valence-corrected chi connectivity index (χ3v) is 1.23. The third-order valence-electron chi connectivity index (χ3n) is 1.23. The number of aromatic nitrogens is 2. The first kappa shape index (κ1) is 7.78. The standard InChI is InChI=1S/C7H10N2O2/c1-3-11-7-6(5-10)4-9(2)8-7/h4-5H,3H2,1-2H3. The van der Waals surface area contributed by atoms with Crippen molar-refractivity contribution in [2.24, 2.45) is 7.05 Å². The van der Waals surface area contributed by atoms with E-state index in [2.05, 4.69) is 5.10 Å². The molecule has 0 unspecified atom stereocenters. The van der Waals surface area contributed by atoms with E-state index >= 15 is 0 Å². The molecule has 1 aromatic rings. The van der Waals surface area contributed by atoms with Crippen molar-refractivity contribution in [1.82, 2.24) is 9.78 Å². The van der Waals surface area contributed by atoms with Gasteiger partial charge in [-0.2, -0.15) is 0 Å². The quantitative estimate of drug-likeness (QED) is 0.600. The molecule has 60 valence electrons. The first-order chi connectivity index (χ1) is 5.27. The lowest BCUT2D eigenvalue weighted by atomic mass is 10.4. The second-order valence-electron chi connectivity index (χ2n) is 2.11. The highest BCUT2D eigenvalue weighted by molar-refractivity contribution is 5.77. The smallest absolute Gasteiger partial charge is 0.243 e. The van der Waals surface area contributed by atoms with Crippen molar-refractivity contribution in [2.45, 2.75) is 6.92 Å². The van der Waals surface area contributed by atoms with E-state index < -0.39 is 0 Å². The summed E-state index contributed by atoms with van der Waals surface area (Å²) < 4.78 is 6.64. The summed E-state index contributed by atoms with van der Waals surface area (Å²) in [6.45, 7) is 2.38. The molecule has 0 aliphatic carbocycles. The molecule has 0 radical (unpaired) electrons. The molecule has 0 saturated carbocycles. The molecule has 4 heteroatoms. The van der Waals surface area contributed by atoms with Gasteiger partial charge in [-0.15, -0.1) is 5.10 Å². The molecule has 0 aromatic carbocycles. The number of nitrogens with zero attached hydrogens (tertiary/aromatic N) is 2. The molecule has 0 N–H and O–H groups in total. The first-order valence-electron chi connectivity index (χ1n) is 3.39. The molecule has 0 atom stereocenters. The van der Waals surface area contributed by atoms with Crippen LogP contribution in [0.25, 0.3) is 0 Å². The molecule has 1 aromatic heterocycles. The fourth-order valence-corrected chi connectivity index (χ4v) is 0.816. The van der Waals surface area contributed by atoms with Crippen LogP contribution in [-0.2, 0) is 7.05 Å². The van der Waals surface area contributed by atoms with Crippen molar-refractivity contribution < 1.29 is 9.53 Å². The van der Waals surface area contributed by atoms with Gasteiger partial charge in [0.25, 0.3) is 0 Å². The van der Waals surface area contributed by atoms with Crippen molar-refractivity contribution in [3.63, 3.8) is 0 Å². The van der Waals surface area contributed by atoms with E-state index in [0.29, 0.717) is 18.1 Å². The number of carbonyl (C=O) groups excluding carboxylic acids is 1. The van der Waals surface area contributed by atoms with Gasteiger partial charge in [0, 0.05) is 13.2 Å². The maximum absolute atomic E-state index is 10.4. The molecule has 0 aliphatic heterocycles. The average Bonchev–Trinajstić information content (AvgIpc) is 2.32. The summed E-state index contributed by atoms with van der Waals surface area (Å²) in [6, 6.07) is 0. The molecule has 0 aliphatic rings. The Bertz CT molecular complexity index is 255. The van der Waals surface area contributed by atoms with Crippen LogP contribution in [0.1, 0.15) is 17.3 Å². The second-order valence-corrected chi connectivity index (χ2v) is 2.11. The first-order valence-corrected chi connectivity index (χ1v) is 3.39. The summed E-state index contributed by atoms with van der Waals surface area (Å²) in [7, 11) is 1.75. The van der Waals surface area contributed by atoms with Crippen LogP contribution in [0.3, 0.4) is 0 Å². The third kappa shape index (κ3) is 1.58. The molecule has 0 amide bonds. The summed E-state index contributed by atoms with van der Waals surface area (Å²) in [5, 5.41) is 3.93. The molecule has 1 heterocycles. The van der Waals surface area contributed by atoms with Gasteiger partial charge in [0.2, 0.25) is 5.88 Å². The van der Waals surface area contributed by atoms with Crippen LogP contribution in [0.2, 0.25) is 0 Å². The Morgan fingerprint density at radius 1 is 1.82 bits per heavy atom. The number of aldehydes is 1. The van der Waals surface area contributed by atoms with Gasteiger partial charge in [-0.3, -0.25) is 9.48 Å². The fraction of sp³-hybridized carbons (Fsp3) is 0.429. The van der Waals surface area contributed by atoms with E-state index in [1.165, 1.54) is 0 Å². The van der Waals surface area contributed by atoms with Gasteiger partial charge in [0.15, 0.2) is 6.29 Å². The molecule has 4 nitrogen and oxygen atoms in total. The van der Waals surface area contributed by atoms with Gasteiger partial charge >= 0.3 is 0 Å². The fourth-order valence-electron chi connectivity index (χ4n) is 0.816. The van der Waals surface area contributed by atoms with Crippen molar-refractivity contribution in [3.05, 3.63) is 11.8 Å². The van der Waals surface area contributed by atoms with Gasteiger partial charge in [-0.1, -0.05) is 0 Å². The predicted molar refractivity (Wildman–Crippen MR) is 39.8 cm³/mol. The van der Waals surface area contributed by atoms with E-state index in [-0.39, 0.29) is 0 Å². The topological polar surface area (TPSA) is 44.1 Å². The van der Waals surface area contributed by atoms with Crippen molar-refractivity contribution in [3.8, 4) is 5.88 Å². The van der Waals surface area contributed by atoms with Gasteiger partial charge in [0.1, 0.15) is 0 Å². The minimum Gasteiger partial charge on any atom is -0.476 e. The van der Waals surface area contributed by atoms with Gasteiger partial charge in [-0.05, 0) is 6.92 Å². The SMILES string of the molecule is CCOc1nn(C)cc1C=O. The summed E-state index contributed by atoms with van der Waals surface area (Å²) >= 11 is 0. The molecule has 0 spiro atoms. The highest BCUT2D eigenvalue weighted by atomic mass is 16.5. The highest BCUT2D eigenvalue weighted by Crippen LogP contribution is 2.11. The van der Waals surface area contributed by atoms with Crippen molar-refractivity contribution in [2.75, 3.05) is 6.61 Å². The number of carbonyl (C=O) groups is 1. The Balaban J connectivity index is 2.92. The van der Waals surface area contributed by atoms with Crippen molar-refractivity contribution >= 4 is 6.29 Å². The maximum atomic E-state index is 10.4. The molecule has 11 heavy (non-hydrogen) atoms. The highest BCUT2D eigenvalue weighted by Gasteiger charge is 2.05. The van der Waals surface area contributed by atoms with E-state index in [1.54, 1.807) is 17.9 Å². The van der Waals surface area contributed by atoms with E-state index in [4.69, 9.17) is 4.74 Å². The number of aryl methyl sites for hydroxylation is 1. The summed E-state index contributed by atoms with van der Waals surface area (Å²) in [6.07, 6.45) is 2.36. The Morgan fingerprint density at radius 3 is 3.09 bits per heavy atom. The van der Waals surface area contributed by atoms with Crippen LogP contribution >= 0.6 is 0 Å². The van der Waals surface area contributed by atoms with E-state index in [0.717, 1.165) is 6.29 Å². The van der Waals surface area contributed by atoms with Crippen LogP contribution in [0.4, 0.5) is 0 Å². The zero-order chi connectivity index (χ0) is 8.27. The lowest BCUT2D eigenvalue weighted by molar-refractivity contribution is 0.112. The largest absolute Gasteiger partial charge is 0.476 e. The van der Waals surface area contributed by atoms with E-state index in [1.807, 2.05) is 6.92 Å². The van der Waals surface area contributed by atoms with Crippen molar-refractivity contribution in [1.29, 1.82) is 0 Å². The Morgan fingerprint density at radius 2 is 2.55 bits per heavy atom. The van der Waals surface area contributed by atoms with E-state index in [9.17, 15) is 4.79 Å². The summed E-state index contributed by atoms with van der Waals surface area (Å²) in [5.41, 5.74) is 0.495. The van der Waals surface area contributed by atoms with Crippen LogP contribution < -0.4 is 4.74 Å². The minimum atomic E-state index is 0.407. The Hall–Kier alpha value is -1.32.